The highest BCUT2D eigenvalue weighted by Gasteiger charge is 2.17. The van der Waals surface area contributed by atoms with Crippen LogP contribution in [0.15, 0.2) is 31.4 Å². The topological polar surface area (TPSA) is 3.24 Å². The fourth-order valence-corrected chi connectivity index (χ4v) is 2.10. The van der Waals surface area contributed by atoms with Crippen molar-refractivity contribution in [3.8, 4) is 0 Å². The maximum atomic E-state index is 4.13. The zero-order valence-electron chi connectivity index (χ0n) is 10.6. The first kappa shape index (κ1) is 12.7. The summed E-state index contributed by atoms with van der Waals surface area (Å²) >= 11 is 0. The molecule has 86 valence electrons. The van der Waals surface area contributed by atoms with E-state index in [1.165, 1.54) is 22.3 Å². The molecule has 0 fully saturated rings. The molecular weight excluding hydrogens is 194 g/mol. The lowest BCUT2D eigenvalue weighted by atomic mass is 9.91. The van der Waals surface area contributed by atoms with Crippen LogP contribution in [0.2, 0.25) is 0 Å². The molecule has 1 aromatic carbocycles. The van der Waals surface area contributed by atoms with E-state index in [1.807, 2.05) is 19.9 Å². The van der Waals surface area contributed by atoms with Crippen LogP contribution in [-0.2, 0) is 6.54 Å². The number of benzene rings is 1. The minimum absolute atomic E-state index is 0.956. The minimum Gasteiger partial charge on any atom is -0.298 e. The Morgan fingerprint density at radius 3 is 2.56 bits per heavy atom. The van der Waals surface area contributed by atoms with E-state index in [1.54, 1.807) is 0 Å². The maximum Gasteiger partial charge on any atom is 0.0240 e. The van der Waals surface area contributed by atoms with Crippen LogP contribution in [0, 0.1) is 0 Å². The molecule has 0 spiro atoms. The lowest BCUT2D eigenvalue weighted by molar-refractivity contribution is 0.359. The average Bonchev–Trinajstić information content (AvgIpc) is 2.30. The number of fused-ring (bicyclic) bond motifs is 1. The zero-order chi connectivity index (χ0) is 12.1. The number of rotatable bonds is 1. The first-order valence-electron chi connectivity index (χ1n) is 5.83. The highest BCUT2D eigenvalue weighted by molar-refractivity contribution is 5.77. The molecule has 0 saturated carbocycles. The van der Waals surface area contributed by atoms with E-state index in [-0.39, 0.29) is 0 Å². The Labute approximate surface area is 99.1 Å². The molecule has 1 aromatic rings. The monoisotopic (exact) mass is 215 g/mol. The Hall–Kier alpha value is -1.34. The Kier molecular flexibility index (Phi) is 4.51. The van der Waals surface area contributed by atoms with Gasteiger partial charge in [-0.15, -0.1) is 0 Å². The van der Waals surface area contributed by atoms with E-state index in [0.717, 1.165) is 13.1 Å². The van der Waals surface area contributed by atoms with Gasteiger partial charge in [-0.1, -0.05) is 51.3 Å². The van der Waals surface area contributed by atoms with E-state index in [4.69, 9.17) is 0 Å². The van der Waals surface area contributed by atoms with Gasteiger partial charge in [-0.05, 0) is 29.3 Å². The Balaban J connectivity index is 0.000000606. The first-order chi connectivity index (χ1) is 7.72. The summed E-state index contributed by atoms with van der Waals surface area (Å²) in [7, 11) is 2.12. The second-order valence-electron chi connectivity index (χ2n) is 3.86. The molecule has 1 aliphatic heterocycles. The van der Waals surface area contributed by atoms with Crippen LogP contribution in [0.4, 0.5) is 0 Å². The second-order valence-corrected chi connectivity index (χ2v) is 3.86. The fraction of sp³-hybridized carbons (Fsp3) is 0.333. The van der Waals surface area contributed by atoms with Crippen LogP contribution in [0.1, 0.15) is 30.5 Å². The highest BCUT2D eigenvalue weighted by atomic mass is 15.1. The van der Waals surface area contributed by atoms with Crippen molar-refractivity contribution in [1.29, 1.82) is 0 Å². The molecule has 1 aliphatic rings. The highest BCUT2D eigenvalue weighted by Crippen LogP contribution is 2.29. The van der Waals surface area contributed by atoms with Crippen molar-refractivity contribution in [2.75, 3.05) is 13.6 Å². The molecule has 0 saturated heterocycles. The zero-order valence-corrected chi connectivity index (χ0v) is 10.6. The molecule has 0 atom stereocenters. The van der Waals surface area contributed by atoms with Crippen LogP contribution in [-0.4, -0.2) is 18.5 Å². The normalized spacial score (nSPS) is 14.8. The molecule has 16 heavy (non-hydrogen) atoms. The summed E-state index contributed by atoms with van der Waals surface area (Å²) in [5, 5.41) is 0. The molecule has 2 rings (SSSR count). The van der Waals surface area contributed by atoms with Gasteiger partial charge in [0.05, 0.1) is 0 Å². The largest absolute Gasteiger partial charge is 0.298 e. The molecule has 1 heterocycles. The summed E-state index contributed by atoms with van der Waals surface area (Å²) in [6, 6.07) is 6.35. The standard InChI is InChI=1S/C13H15N.C2H6/c1-4-11-6-5-7-12-9-14(3)8-10(2)13(11)12;1-2/h4-7H,1-2,8-9H2,3H3;1-2H3. The lowest BCUT2D eigenvalue weighted by Gasteiger charge is -2.28. The van der Waals surface area contributed by atoms with Crippen LogP contribution in [0.3, 0.4) is 0 Å². The van der Waals surface area contributed by atoms with Gasteiger partial charge < -0.3 is 0 Å². The van der Waals surface area contributed by atoms with Gasteiger partial charge >= 0.3 is 0 Å². The van der Waals surface area contributed by atoms with E-state index >= 15 is 0 Å². The molecule has 0 radical (unpaired) electrons. The molecule has 0 unspecified atom stereocenters. The van der Waals surface area contributed by atoms with E-state index in [9.17, 15) is 0 Å². The van der Waals surface area contributed by atoms with Crippen molar-refractivity contribution in [3.63, 3.8) is 0 Å². The quantitative estimate of drug-likeness (QED) is 0.688. The third-order valence-electron chi connectivity index (χ3n) is 2.66. The fourth-order valence-electron chi connectivity index (χ4n) is 2.10. The van der Waals surface area contributed by atoms with Gasteiger partial charge in [-0.25, -0.2) is 0 Å². The number of likely N-dealkylation sites (N-methyl/N-ethyl adjacent to an activating group) is 1. The summed E-state index contributed by atoms with van der Waals surface area (Å²) in [6.45, 7) is 13.9. The molecule has 0 amide bonds. The van der Waals surface area contributed by atoms with Gasteiger partial charge in [0.2, 0.25) is 0 Å². The maximum absolute atomic E-state index is 4.13. The smallest absolute Gasteiger partial charge is 0.0240 e. The predicted molar refractivity (Wildman–Crippen MR) is 73.2 cm³/mol. The molecule has 1 nitrogen and oxygen atoms in total. The predicted octanol–water partition coefficient (Wildman–Crippen LogP) is 3.81. The van der Waals surface area contributed by atoms with Crippen molar-refractivity contribution in [1.82, 2.24) is 4.90 Å². The van der Waals surface area contributed by atoms with Gasteiger partial charge in [0.15, 0.2) is 0 Å². The van der Waals surface area contributed by atoms with Gasteiger partial charge in [-0.3, -0.25) is 4.90 Å². The van der Waals surface area contributed by atoms with E-state index in [2.05, 4.69) is 43.3 Å². The Morgan fingerprint density at radius 1 is 1.25 bits per heavy atom. The third kappa shape index (κ3) is 2.42. The van der Waals surface area contributed by atoms with E-state index < -0.39 is 0 Å². The molecule has 0 aromatic heterocycles. The Morgan fingerprint density at radius 2 is 1.94 bits per heavy atom. The Bertz CT molecular complexity index is 390. The summed E-state index contributed by atoms with van der Waals surface area (Å²) < 4.78 is 0. The summed E-state index contributed by atoms with van der Waals surface area (Å²) in [4.78, 5) is 2.28. The SMILES string of the molecule is C=Cc1cccc2c1C(=C)CN(C)C2.CC. The number of hydrogen-bond donors (Lipinski definition) is 0. The molecule has 0 aliphatic carbocycles. The van der Waals surface area contributed by atoms with Crippen molar-refractivity contribution < 1.29 is 0 Å². The van der Waals surface area contributed by atoms with Crippen molar-refractivity contribution >= 4 is 11.6 Å². The van der Waals surface area contributed by atoms with E-state index in [0.29, 0.717) is 0 Å². The van der Waals surface area contributed by atoms with Crippen LogP contribution < -0.4 is 0 Å². The summed E-state index contributed by atoms with van der Waals surface area (Å²) in [5.41, 5.74) is 5.08. The minimum atomic E-state index is 0.956. The summed E-state index contributed by atoms with van der Waals surface area (Å²) in [6.07, 6.45) is 1.91. The second kappa shape index (κ2) is 5.66. The summed E-state index contributed by atoms with van der Waals surface area (Å²) in [5.74, 6) is 0. The van der Waals surface area contributed by atoms with Crippen molar-refractivity contribution in [2.45, 2.75) is 20.4 Å². The molecule has 1 heteroatoms. The van der Waals surface area contributed by atoms with Gasteiger partial charge in [0.25, 0.3) is 0 Å². The van der Waals surface area contributed by atoms with Crippen LogP contribution in [0.5, 0.6) is 0 Å². The van der Waals surface area contributed by atoms with Crippen LogP contribution >= 0.6 is 0 Å². The van der Waals surface area contributed by atoms with Gasteiger partial charge in [0, 0.05) is 13.1 Å². The molecular formula is C15H21N. The average molecular weight is 215 g/mol. The number of hydrogen-bond acceptors (Lipinski definition) is 1. The molecule has 0 N–H and O–H groups in total. The third-order valence-corrected chi connectivity index (χ3v) is 2.66. The first-order valence-corrected chi connectivity index (χ1v) is 5.83. The molecule has 0 bridgehead atoms. The van der Waals surface area contributed by atoms with Gasteiger partial charge in [0.1, 0.15) is 0 Å². The van der Waals surface area contributed by atoms with Gasteiger partial charge in [-0.2, -0.15) is 0 Å². The van der Waals surface area contributed by atoms with Crippen LogP contribution in [0.25, 0.3) is 11.6 Å². The lowest BCUT2D eigenvalue weighted by Crippen LogP contribution is -2.25. The number of nitrogens with zero attached hydrogens (tertiary/aromatic N) is 1. The van der Waals surface area contributed by atoms with Crippen molar-refractivity contribution in [2.24, 2.45) is 0 Å². The van der Waals surface area contributed by atoms with Crippen molar-refractivity contribution in [3.05, 3.63) is 48.0 Å².